The second kappa shape index (κ2) is 5.69. The highest BCUT2D eigenvalue weighted by atomic mass is 16.2. The third kappa shape index (κ3) is 3.22. The molecule has 0 bridgehead atoms. The molecular formula is C13H23N3O2. The van der Waals surface area contributed by atoms with E-state index in [0.29, 0.717) is 25.0 Å². The molecule has 102 valence electrons. The minimum Gasteiger partial charge on any atom is -0.347 e. The van der Waals surface area contributed by atoms with E-state index >= 15 is 0 Å². The summed E-state index contributed by atoms with van der Waals surface area (Å²) in [6.07, 6.45) is 4.66. The highest BCUT2D eigenvalue weighted by Crippen LogP contribution is 2.48. The molecule has 5 nitrogen and oxygen atoms in total. The molecule has 1 saturated heterocycles. The normalized spacial score (nSPS) is 21.5. The van der Waals surface area contributed by atoms with E-state index < -0.39 is 5.91 Å². The van der Waals surface area contributed by atoms with Gasteiger partial charge >= 0.3 is 11.8 Å². The Balaban J connectivity index is 1.75. The average molecular weight is 253 g/mol. The van der Waals surface area contributed by atoms with Crippen LogP contribution in [0.25, 0.3) is 0 Å². The molecule has 1 heterocycles. The summed E-state index contributed by atoms with van der Waals surface area (Å²) in [7, 11) is 0. The smallest absolute Gasteiger partial charge is 0.311 e. The van der Waals surface area contributed by atoms with Gasteiger partial charge < -0.3 is 15.5 Å². The van der Waals surface area contributed by atoms with Crippen molar-refractivity contribution in [2.24, 2.45) is 5.41 Å². The predicted molar refractivity (Wildman–Crippen MR) is 69.0 cm³/mol. The van der Waals surface area contributed by atoms with Gasteiger partial charge in [0.1, 0.15) is 0 Å². The second-order valence-corrected chi connectivity index (χ2v) is 5.47. The Hall–Kier alpha value is -1.10. The van der Waals surface area contributed by atoms with Crippen LogP contribution in [-0.2, 0) is 9.59 Å². The zero-order valence-electron chi connectivity index (χ0n) is 11.1. The SMILES string of the molecule is CCCC1(CNC(=O)C(=O)N2CCNCC2)CC1. The molecule has 0 radical (unpaired) electrons. The summed E-state index contributed by atoms with van der Waals surface area (Å²) in [6, 6.07) is 0. The lowest BCUT2D eigenvalue weighted by Crippen LogP contribution is -2.51. The quantitative estimate of drug-likeness (QED) is 0.699. The van der Waals surface area contributed by atoms with Gasteiger partial charge in [-0.25, -0.2) is 0 Å². The van der Waals surface area contributed by atoms with E-state index in [9.17, 15) is 9.59 Å². The number of hydrogen-bond donors (Lipinski definition) is 2. The molecule has 0 aromatic rings. The molecule has 1 aliphatic carbocycles. The van der Waals surface area contributed by atoms with Gasteiger partial charge in [-0.3, -0.25) is 9.59 Å². The van der Waals surface area contributed by atoms with Crippen LogP contribution in [0.15, 0.2) is 0 Å². The first-order valence-electron chi connectivity index (χ1n) is 6.95. The maximum Gasteiger partial charge on any atom is 0.311 e. The Morgan fingerprint density at radius 3 is 2.50 bits per heavy atom. The van der Waals surface area contributed by atoms with E-state index in [-0.39, 0.29) is 5.91 Å². The maximum atomic E-state index is 11.9. The molecule has 0 atom stereocenters. The first kappa shape index (κ1) is 13.3. The average Bonchev–Trinajstić information content (AvgIpc) is 3.17. The molecule has 0 unspecified atom stereocenters. The second-order valence-electron chi connectivity index (χ2n) is 5.47. The van der Waals surface area contributed by atoms with Gasteiger partial charge in [0.05, 0.1) is 0 Å². The number of rotatable bonds is 4. The summed E-state index contributed by atoms with van der Waals surface area (Å²) in [4.78, 5) is 25.3. The van der Waals surface area contributed by atoms with Crippen LogP contribution in [-0.4, -0.2) is 49.4 Å². The Morgan fingerprint density at radius 2 is 1.94 bits per heavy atom. The van der Waals surface area contributed by atoms with Crippen LogP contribution in [0.2, 0.25) is 0 Å². The van der Waals surface area contributed by atoms with Gasteiger partial charge in [0.25, 0.3) is 0 Å². The zero-order chi connectivity index (χ0) is 13.0. The molecule has 0 aromatic carbocycles. The molecule has 2 fully saturated rings. The number of carbonyl (C=O) groups excluding carboxylic acids is 2. The van der Waals surface area contributed by atoms with Crippen molar-refractivity contribution in [1.82, 2.24) is 15.5 Å². The number of nitrogens with one attached hydrogen (secondary N) is 2. The number of amides is 2. The van der Waals surface area contributed by atoms with Crippen molar-refractivity contribution >= 4 is 11.8 Å². The number of hydrogen-bond acceptors (Lipinski definition) is 3. The Kier molecular flexibility index (Phi) is 4.22. The van der Waals surface area contributed by atoms with E-state index in [4.69, 9.17) is 0 Å². The minimum absolute atomic E-state index is 0.300. The van der Waals surface area contributed by atoms with E-state index in [1.807, 2.05) is 0 Å². The Bertz CT molecular complexity index is 320. The summed E-state index contributed by atoms with van der Waals surface area (Å²) in [5.74, 6) is -0.803. The third-order valence-electron chi connectivity index (χ3n) is 3.96. The fourth-order valence-electron chi connectivity index (χ4n) is 2.58. The fraction of sp³-hybridized carbons (Fsp3) is 0.846. The minimum atomic E-state index is -0.431. The topological polar surface area (TPSA) is 61.4 Å². The molecule has 2 N–H and O–H groups in total. The molecule has 2 aliphatic rings. The van der Waals surface area contributed by atoms with E-state index in [0.717, 1.165) is 25.9 Å². The van der Waals surface area contributed by atoms with Crippen molar-refractivity contribution in [2.75, 3.05) is 32.7 Å². The number of carbonyl (C=O) groups is 2. The molecule has 1 saturated carbocycles. The molecule has 0 spiro atoms. The maximum absolute atomic E-state index is 11.9. The van der Waals surface area contributed by atoms with Gasteiger partial charge in [-0.15, -0.1) is 0 Å². The Labute approximate surface area is 108 Å². The summed E-state index contributed by atoms with van der Waals surface area (Å²) < 4.78 is 0. The van der Waals surface area contributed by atoms with Crippen molar-refractivity contribution in [3.63, 3.8) is 0 Å². The van der Waals surface area contributed by atoms with Crippen LogP contribution in [0.1, 0.15) is 32.6 Å². The highest BCUT2D eigenvalue weighted by molar-refractivity contribution is 6.35. The van der Waals surface area contributed by atoms with Gasteiger partial charge in [-0.2, -0.15) is 0 Å². The lowest BCUT2D eigenvalue weighted by molar-refractivity contribution is -0.146. The van der Waals surface area contributed by atoms with Crippen LogP contribution in [0.5, 0.6) is 0 Å². The lowest BCUT2D eigenvalue weighted by atomic mass is 10.0. The standard InChI is InChI=1S/C13H23N3O2/c1-2-3-13(4-5-13)10-15-11(17)12(18)16-8-6-14-7-9-16/h14H,2-10H2,1H3,(H,15,17). The number of nitrogens with zero attached hydrogens (tertiary/aromatic N) is 1. The molecule has 18 heavy (non-hydrogen) atoms. The van der Waals surface area contributed by atoms with Crippen LogP contribution in [0.4, 0.5) is 0 Å². The van der Waals surface area contributed by atoms with Gasteiger partial charge in [-0.05, 0) is 24.7 Å². The van der Waals surface area contributed by atoms with E-state index in [2.05, 4.69) is 17.6 Å². The van der Waals surface area contributed by atoms with Crippen LogP contribution in [0, 0.1) is 5.41 Å². The summed E-state index contributed by atoms with van der Waals surface area (Å²) in [5.41, 5.74) is 0.300. The van der Waals surface area contributed by atoms with Crippen molar-refractivity contribution < 1.29 is 9.59 Å². The van der Waals surface area contributed by atoms with Crippen LogP contribution >= 0.6 is 0 Å². The van der Waals surface area contributed by atoms with Crippen molar-refractivity contribution in [2.45, 2.75) is 32.6 Å². The zero-order valence-corrected chi connectivity index (χ0v) is 11.1. The monoisotopic (exact) mass is 253 g/mol. The lowest BCUT2D eigenvalue weighted by Gasteiger charge is -2.27. The first-order valence-corrected chi connectivity index (χ1v) is 6.95. The van der Waals surface area contributed by atoms with Crippen molar-refractivity contribution in [3.8, 4) is 0 Å². The van der Waals surface area contributed by atoms with Gasteiger partial charge in [-0.1, -0.05) is 13.3 Å². The third-order valence-corrected chi connectivity index (χ3v) is 3.96. The predicted octanol–water partition coefficient (Wildman–Crippen LogP) is 0.115. The van der Waals surface area contributed by atoms with Gasteiger partial charge in [0, 0.05) is 32.7 Å². The van der Waals surface area contributed by atoms with Crippen LogP contribution in [0.3, 0.4) is 0 Å². The van der Waals surface area contributed by atoms with Crippen LogP contribution < -0.4 is 10.6 Å². The molecule has 2 rings (SSSR count). The van der Waals surface area contributed by atoms with E-state index in [1.54, 1.807) is 4.90 Å². The summed E-state index contributed by atoms with van der Waals surface area (Å²) in [6.45, 7) is 5.64. The summed E-state index contributed by atoms with van der Waals surface area (Å²) >= 11 is 0. The molecule has 1 aliphatic heterocycles. The molecule has 5 heteroatoms. The largest absolute Gasteiger partial charge is 0.347 e. The first-order chi connectivity index (χ1) is 8.67. The Morgan fingerprint density at radius 1 is 1.28 bits per heavy atom. The van der Waals surface area contributed by atoms with Crippen molar-refractivity contribution in [1.29, 1.82) is 0 Å². The van der Waals surface area contributed by atoms with Crippen molar-refractivity contribution in [3.05, 3.63) is 0 Å². The highest BCUT2D eigenvalue weighted by Gasteiger charge is 2.42. The summed E-state index contributed by atoms with van der Waals surface area (Å²) in [5, 5.41) is 5.98. The molecule has 2 amide bonds. The molecular weight excluding hydrogens is 230 g/mol. The fourth-order valence-corrected chi connectivity index (χ4v) is 2.58. The van der Waals surface area contributed by atoms with E-state index in [1.165, 1.54) is 12.8 Å². The van der Waals surface area contributed by atoms with Gasteiger partial charge in [0.2, 0.25) is 0 Å². The molecule has 0 aromatic heterocycles. The van der Waals surface area contributed by atoms with Gasteiger partial charge in [0.15, 0.2) is 0 Å². The number of piperazine rings is 1.